The zero-order valence-corrected chi connectivity index (χ0v) is 19.8. The van der Waals surface area contributed by atoms with Crippen LogP contribution in [0.4, 0.5) is 18.9 Å². The number of alkyl halides is 3. The van der Waals surface area contributed by atoms with Gasteiger partial charge < -0.3 is 10.1 Å². The van der Waals surface area contributed by atoms with Crippen molar-refractivity contribution in [2.75, 3.05) is 4.72 Å². The van der Waals surface area contributed by atoms with E-state index in [0.717, 1.165) is 18.2 Å². The van der Waals surface area contributed by atoms with Crippen LogP contribution in [0.1, 0.15) is 15.9 Å². The molecule has 6 nitrogen and oxygen atoms in total. The molecule has 0 spiro atoms. The van der Waals surface area contributed by atoms with Crippen molar-refractivity contribution in [2.45, 2.75) is 17.3 Å². The number of nitrogens with one attached hydrogen (secondary N) is 2. The number of ether oxygens (including phenoxy) is 1. The number of terminal acetylenes is 1. The smallest absolute Gasteiger partial charge is 0.417 e. The van der Waals surface area contributed by atoms with Crippen LogP contribution in [0.3, 0.4) is 0 Å². The molecule has 1 atom stereocenters. The van der Waals surface area contributed by atoms with Gasteiger partial charge in [-0.3, -0.25) is 9.52 Å². The molecule has 182 valence electrons. The lowest BCUT2D eigenvalue weighted by molar-refractivity contribution is -0.137. The highest BCUT2D eigenvalue weighted by atomic mass is 35.5. The van der Waals surface area contributed by atoms with Gasteiger partial charge in [-0.15, -0.1) is 6.42 Å². The van der Waals surface area contributed by atoms with Gasteiger partial charge in [0.25, 0.3) is 15.9 Å². The Labute approximate surface area is 209 Å². The molecule has 0 radical (unpaired) electrons. The van der Waals surface area contributed by atoms with Crippen LogP contribution in [0.15, 0.2) is 71.6 Å². The second-order valence-corrected chi connectivity index (χ2v) is 9.39. The maximum atomic E-state index is 13.2. The molecule has 0 heterocycles. The predicted molar refractivity (Wildman–Crippen MR) is 126 cm³/mol. The van der Waals surface area contributed by atoms with E-state index in [4.69, 9.17) is 34.4 Å². The fourth-order valence-electron chi connectivity index (χ4n) is 2.83. The molecular weight excluding hydrogens is 528 g/mol. The van der Waals surface area contributed by atoms with Gasteiger partial charge in [-0.2, -0.15) is 13.2 Å². The van der Waals surface area contributed by atoms with Crippen LogP contribution in [0.5, 0.6) is 5.75 Å². The van der Waals surface area contributed by atoms with Crippen LogP contribution < -0.4 is 14.8 Å². The Bertz CT molecular complexity index is 1390. The van der Waals surface area contributed by atoms with Gasteiger partial charge in [0, 0.05) is 16.3 Å². The zero-order valence-electron chi connectivity index (χ0n) is 17.4. The SMILES string of the molecule is C#CC(NC(=O)c1ccccc1)Oc1ccc(Cl)cc1S(=O)(=O)Nc1ccc(Cl)c(C(F)(F)F)c1. The second kappa shape index (κ2) is 10.5. The minimum atomic E-state index is -4.81. The Balaban J connectivity index is 1.90. The lowest BCUT2D eigenvalue weighted by atomic mass is 10.2. The summed E-state index contributed by atoms with van der Waals surface area (Å²) in [5.41, 5.74) is -1.35. The van der Waals surface area contributed by atoms with Gasteiger partial charge in [-0.05, 0) is 54.5 Å². The van der Waals surface area contributed by atoms with E-state index in [1.54, 1.807) is 18.2 Å². The predicted octanol–water partition coefficient (Wildman–Crippen LogP) is 5.58. The van der Waals surface area contributed by atoms with Crippen LogP contribution in [-0.2, 0) is 16.2 Å². The molecule has 0 saturated carbocycles. The number of anilines is 1. The zero-order chi connectivity index (χ0) is 25.8. The van der Waals surface area contributed by atoms with Gasteiger partial charge in [-0.1, -0.05) is 41.4 Å². The number of sulfonamides is 1. The number of carbonyl (C=O) groups excluding carboxylic acids is 1. The van der Waals surface area contributed by atoms with Gasteiger partial charge in [0.15, 0.2) is 0 Å². The fourth-order valence-corrected chi connectivity index (χ4v) is 4.50. The Morgan fingerprint density at radius 2 is 1.71 bits per heavy atom. The topological polar surface area (TPSA) is 84.5 Å². The first kappa shape index (κ1) is 26.2. The Hall–Kier alpha value is -3.39. The summed E-state index contributed by atoms with van der Waals surface area (Å²) >= 11 is 11.5. The highest BCUT2D eigenvalue weighted by Crippen LogP contribution is 2.37. The molecule has 0 fully saturated rings. The summed E-state index contributed by atoms with van der Waals surface area (Å²) in [6.07, 6.45) is -0.759. The summed E-state index contributed by atoms with van der Waals surface area (Å²) in [5.74, 6) is 1.30. The van der Waals surface area contributed by atoms with Crippen molar-refractivity contribution in [2.24, 2.45) is 0 Å². The highest BCUT2D eigenvalue weighted by Gasteiger charge is 2.34. The molecule has 1 amide bonds. The molecule has 35 heavy (non-hydrogen) atoms. The summed E-state index contributed by atoms with van der Waals surface area (Å²) in [6.45, 7) is 0. The first-order valence-corrected chi connectivity index (χ1v) is 11.8. The number of rotatable bonds is 7. The summed E-state index contributed by atoms with van der Waals surface area (Å²) in [6, 6.07) is 14.1. The van der Waals surface area contributed by atoms with Gasteiger partial charge in [0.05, 0.1) is 10.6 Å². The number of hydrogen-bond donors (Lipinski definition) is 2. The second-order valence-electron chi connectivity index (χ2n) is 6.89. The summed E-state index contributed by atoms with van der Waals surface area (Å²) < 4.78 is 73.1. The van der Waals surface area contributed by atoms with E-state index in [2.05, 4.69) is 11.2 Å². The standard InChI is InChI=1S/C23H15Cl2F3N2O4S/c1-2-21(29-22(31)14-6-4-3-5-7-14)34-19-11-8-15(24)12-20(19)35(32,33)30-16-9-10-18(25)17(13-16)23(26,27)28/h1,3-13,21,30H,(H,29,31). The first-order valence-electron chi connectivity index (χ1n) is 9.58. The molecular formula is C23H15Cl2F3N2O4S. The van der Waals surface area contributed by atoms with Crippen LogP contribution in [0.2, 0.25) is 10.0 Å². The summed E-state index contributed by atoms with van der Waals surface area (Å²) in [7, 11) is -4.53. The fraction of sp³-hybridized carbons (Fsp3) is 0.0870. The molecule has 0 aliphatic carbocycles. The quantitative estimate of drug-likeness (QED) is 0.301. The van der Waals surface area contributed by atoms with Crippen molar-refractivity contribution in [3.05, 3.63) is 87.9 Å². The molecule has 3 rings (SSSR count). The average Bonchev–Trinajstić information content (AvgIpc) is 2.80. The Kier molecular flexibility index (Phi) is 7.85. The van der Waals surface area contributed by atoms with Crippen molar-refractivity contribution in [1.82, 2.24) is 5.32 Å². The maximum Gasteiger partial charge on any atom is 0.417 e. The number of amides is 1. The molecule has 0 bridgehead atoms. The lowest BCUT2D eigenvalue weighted by Crippen LogP contribution is -2.38. The van der Waals surface area contributed by atoms with Crippen LogP contribution >= 0.6 is 23.2 Å². The minimum absolute atomic E-state index is 0.00427. The molecule has 12 heteroatoms. The van der Waals surface area contributed by atoms with Gasteiger partial charge in [0.1, 0.15) is 10.6 Å². The highest BCUT2D eigenvalue weighted by molar-refractivity contribution is 7.92. The van der Waals surface area contributed by atoms with Crippen LogP contribution in [0.25, 0.3) is 0 Å². The minimum Gasteiger partial charge on any atom is -0.458 e. The Morgan fingerprint density at radius 1 is 1.03 bits per heavy atom. The monoisotopic (exact) mass is 542 g/mol. The molecule has 3 aromatic carbocycles. The average molecular weight is 543 g/mol. The maximum absolute atomic E-state index is 13.2. The molecule has 0 saturated heterocycles. The molecule has 0 aliphatic heterocycles. The van der Waals surface area contributed by atoms with E-state index < -0.39 is 49.5 Å². The van der Waals surface area contributed by atoms with Crippen molar-refractivity contribution >= 4 is 44.8 Å². The first-order chi connectivity index (χ1) is 16.4. The third-order valence-corrected chi connectivity index (χ3v) is 6.38. The third kappa shape index (κ3) is 6.60. The van der Waals surface area contributed by atoms with E-state index in [1.165, 1.54) is 24.3 Å². The van der Waals surface area contributed by atoms with Gasteiger partial charge in [-0.25, -0.2) is 8.42 Å². The van der Waals surface area contributed by atoms with E-state index in [9.17, 15) is 26.4 Å². The summed E-state index contributed by atoms with van der Waals surface area (Å²) in [5, 5.41) is 1.82. The lowest BCUT2D eigenvalue weighted by Gasteiger charge is -2.19. The van der Waals surface area contributed by atoms with Crippen LogP contribution in [0, 0.1) is 12.3 Å². The summed E-state index contributed by atoms with van der Waals surface area (Å²) in [4.78, 5) is 11.9. The number of benzene rings is 3. The van der Waals surface area contributed by atoms with E-state index in [0.29, 0.717) is 6.07 Å². The van der Waals surface area contributed by atoms with E-state index >= 15 is 0 Å². The van der Waals surface area contributed by atoms with Crippen LogP contribution in [-0.4, -0.2) is 20.6 Å². The molecule has 0 aromatic heterocycles. The molecule has 2 N–H and O–H groups in total. The van der Waals surface area contributed by atoms with Gasteiger partial charge in [0.2, 0.25) is 6.23 Å². The molecule has 1 unspecified atom stereocenters. The van der Waals surface area contributed by atoms with Crippen molar-refractivity contribution in [3.8, 4) is 18.1 Å². The number of carbonyl (C=O) groups is 1. The molecule has 0 aliphatic rings. The number of halogens is 5. The van der Waals surface area contributed by atoms with Crippen molar-refractivity contribution in [3.63, 3.8) is 0 Å². The van der Waals surface area contributed by atoms with E-state index in [-0.39, 0.29) is 16.3 Å². The third-order valence-electron chi connectivity index (χ3n) is 4.41. The van der Waals surface area contributed by atoms with Gasteiger partial charge >= 0.3 is 6.18 Å². The van der Waals surface area contributed by atoms with E-state index in [1.807, 2.05) is 4.72 Å². The Morgan fingerprint density at radius 3 is 2.34 bits per heavy atom. The number of hydrogen-bond acceptors (Lipinski definition) is 4. The molecule has 3 aromatic rings. The normalized spacial score (nSPS) is 12.3. The van der Waals surface area contributed by atoms with Crippen molar-refractivity contribution < 1.29 is 31.1 Å². The van der Waals surface area contributed by atoms with Crippen molar-refractivity contribution in [1.29, 1.82) is 0 Å². The largest absolute Gasteiger partial charge is 0.458 e.